The number of amidine groups is 1. The van der Waals surface area contributed by atoms with Crippen LogP contribution in [0.25, 0.3) is 0 Å². The maximum Gasteiger partial charge on any atom is 0.164 e. The molecule has 2 heterocycles. The molecular weight excluding hydrogens is 431 g/mol. The molecule has 4 nitrogen and oxygen atoms in total. The molecule has 0 saturated carbocycles. The topological polar surface area (TPSA) is 49.7 Å². The summed E-state index contributed by atoms with van der Waals surface area (Å²) in [5.41, 5.74) is 2.49. The molecule has 0 unspecified atom stereocenters. The van der Waals surface area contributed by atoms with Gasteiger partial charge in [-0.3, -0.25) is 4.99 Å². The molecule has 0 amide bonds. The monoisotopic (exact) mass is 452 g/mol. The van der Waals surface area contributed by atoms with Crippen LogP contribution in [-0.4, -0.2) is 36.4 Å². The van der Waals surface area contributed by atoms with Crippen LogP contribution in [0.1, 0.15) is 30.9 Å². The zero-order valence-electron chi connectivity index (χ0n) is 16.2. The average molecular weight is 453 g/mol. The van der Waals surface area contributed by atoms with Gasteiger partial charge in [-0.25, -0.2) is 12.8 Å². The Morgan fingerprint density at radius 1 is 1.21 bits per heavy atom. The van der Waals surface area contributed by atoms with Crippen LogP contribution in [0.3, 0.4) is 0 Å². The van der Waals surface area contributed by atoms with Gasteiger partial charge < -0.3 is 4.90 Å². The summed E-state index contributed by atoms with van der Waals surface area (Å²) in [4.78, 5) is 6.63. The molecule has 2 aliphatic heterocycles. The van der Waals surface area contributed by atoms with Crippen molar-refractivity contribution in [2.24, 2.45) is 4.99 Å². The van der Waals surface area contributed by atoms with Crippen molar-refractivity contribution in [2.75, 3.05) is 16.4 Å². The Balaban J connectivity index is 1.70. The third-order valence-electron chi connectivity index (χ3n) is 5.29. The lowest BCUT2D eigenvalue weighted by molar-refractivity contribution is 0.601. The lowest BCUT2D eigenvalue weighted by Crippen LogP contribution is -2.28. The van der Waals surface area contributed by atoms with Gasteiger partial charge in [-0.1, -0.05) is 55.4 Å². The van der Waals surface area contributed by atoms with Crippen LogP contribution in [0, 0.1) is 5.82 Å². The van der Waals surface area contributed by atoms with Gasteiger partial charge in [0.05, 0.1) is 24.1 Å². The van der Waals surface area contributed by atoms with Gasteiger partial charge in [-0.2, -0.15) is 0 Å². The van der Waals surface area contributed by atoms with Crippen molar-refractivity contribution in [1.29, 1.82) is 0 Å². The molecule has 2 aliphatic rings. The zero-order chi connectivity index (χ0) is 20.8. The third-order valence-corrected chi connectivity index (χ3v) is 8.89. The van der Waals surface area contributed by atoms with E-state index in [2.05, 4.69) is 26.0 Å². The highest BCUT2D eigenvalue weighted by Crippen LogP contribution is 2.38. The SMILES string of the molecule is CC(C)c1ccc(N(Cc2c(F)cccc2Cl)C2=N[C@H]3CS(=O)(=O)C[C@H]3S2)cc1. The van der Waals surface area contributed by atoms with E-state index < -0.39 is 9.84 Å². The van der Waals surface area contributed by atoms with Gasteiger partial charge in [-0.05, 0) is 35.7 Å². The van der Waals surface area contributed by atoms with Crippen LogP contribution in [0.15, 0.2) is 47.5 Å². The molecule has 4 rings (SSSR count). The number of hydrogen-bond acceptors (Lipinski definition) is 5. The molecule has 154 valence electrons. The molecule has 2 atom stereocenters. The fourth-order valence-electron chi connectivity index (χ4n) is 3.62. The Kier molecular flexibility index (Phi) is 5.66. The molecule has 0 spiro atoms. The number of benzene rings is 2. The smallest absolute Gasteiger partial charge is 0.164 e. The van der Waals surface area contributed by atoms with Crippen molar-refractivity contribution >= 4 is 44.1 Å². The van der Waals surface area contributed by atoms with E-state index in [0.717, 1.165) is 5.69 Å². The Labute approximate surface area is 180 Å². The van der Waals surface area contributed by atoms with Crippen molar-refractivity contribution in [2.45, 2.75) is 37.6 Å². The molecule has 2 aromatic rings. The number of rotatable bonds is 4. The normalized spacial score (nSPS) is 22.6. The number of anilines is 1. The molecule has 0 N–H and O–H groups in total. The third kappa shape index (κ3) is 4.32. The zero-order valence-corrected chi connectivity index (χ0v) is 18.6. The van der Waals surface area contributed by atoms with Crippen LogP contribution in [0.4, 0.5) is 10.1 Å². The molecule has 0 radical (unpaired) electrons. The Bertz CT molecular complexity index is 1030. The summed E-state index contributed by atoms with van der Waals surface area (Å²) in [6.07, 6.45) is 0. The van der Waals surface area contributed by atoms with Crippen LogP contribution < -0.4 is 4.90 Å². The van der Waals surface area contributed by atoms with Gasteiger partial charge in [0, 0.05) is 21.5 Å². The first-order valence-corrected chi connectivity index (χ1v) is 12.6. The van der Waals surface area contributed by atoms with Crippen LogP contribution >= 0.6 is 23.4 Å². The van der Waals surface area contributed by atoms with Crippen LogP contribution in [-0.2, 0) is 16.4 Å². The fraction of sp³-hybridized carbons (Fsp3) is 0.381. The molecule has 0 aliphatic carbocycles. The maximum absolute atomic E-state index is 14.5. The van der Waals surface area contributed by atoms with Gasteiger partial charge >= 0.3 is 0 Å². The maximum atomic E-state index is 14.5. The second-order valence-electron chi connectivity index (χ2n) is 7.74. The first kappa shape index (κ1) is 20.7. The van der Waals surface area contributed by atoms with Crippen molar-refractivity contribution in [3.8, 4) is 0 Å². The number of nitrogens with zero attached hydrogens (tertiary/aromatic N) is 2. The lowest BCUT2D eigenvalue weighted by Gasteiger charge is -2.26. The van der Waals surface area contributed by atoms with E-state index >= 15 is 0 Å². The summed E-state index contributed by atoms with van der Waals surface area (Å²) < 4.78 is 38.3. The minimum absolute atomic E-state index is 0.0781. The van der Waals surface area contributed by atoms with E-state index in [1.54, 1.807) is 12.1 Å². The number of hydrogen-bond donors (Lipinski definition) is 0. The molecule has 0 bridgehead atoms. The van der Waals surface area contributed by atoms with E-state index in [1.165, 1.54) is 23.4 Å². The summed E-state index contributed by atoms with van der Waals surface area (Å²) in [6, 6.07) is 12.5. The molecule has 0 aromatic heterocycles. The van der Waals surface area contributed by atoms with Gasteiger partial charge in [0.15, 0.2) is 15.0 Å². The predicted molar refractivity (Wildman–Crippen MR) is 119 cm³/mol. The van der Waals surface area contributed by atoms with Crippen LogP contribution in [0.5, 0.6) is 0 Å². The van der Waals surface area contributed by atoms with Crippen LogP contribution in [0.2, 0.25) is 5.02 Å². The highest BCUT2D eigenvalue weighted by molar-refractivity contribution is 8.15. The first-order valence-electron chi connectivity index (χ1n) is 9.49. The highest BCUT2D eigenvalue weighted by atomic mass is 35.5. The Morgan fingerprint density at radius 3 is 2.55 bits per heavy atom. The van der Waals surface area contributed by atoms with E-state index in [4.69, 9.17) is 16.6 Å². The number of fused-ring (bicyclic) bond motifs is 1. The van der Waals surface area contributed by atoms with Gasteiger partial charge in [0.2, 0.25) is 0 Å². The van der Waals surface area contributed by atoms with Gasteiger partial charge in [0.1, 0.15) is 5.82 Å². The number of aliphatic imine (C=N–C) groups is 1. The van der Waals surface area contributed by atoms with E-state index in [0.29, 0.717) is 21.7 Å². The molecule has 29 heavy (non-hydrogen) atoms. The Hall–Kier alpha value is -1.57. The van der Waals surface area contributed by atoms with Gasteiger partial charge in [0.25, 0.3) is 0 Å². The molecular formula is C21H22ClFN2O2S2. The second kappa shape index (κ2) is 7.93. The summed E-state index contributed by atoms with van der Waals surface area (Å²) in [5.74, 6) is 0.249. The predicted octanol–water partition coefficient (Wildman–Crippen LogP) is 4.88. The summed E-state index contributed by atoms with van der Waals surface area (Å²) in [6.45, 7) is 4.49. The number of sulfone groups is 1. The highest BCUT2D eigenvalue weighted by Gasteiger charge is 2.44. The number of halogens is 2. The summed E-state index contributed by atoms with van der Waals surface area (Å²) in [5, 5.41) is 0.996. The number of thioether (sulfide) groups is 1. The van der Waals surface area contributed by atoms with Crippen molar-refractivity contribution in [1.82, 2.24) is 0 Å². The molecule has 1 fully saturated rings. The fourth-order valence-corrected chi connectivity index (χ4v) is 7.62. The molecule has 8 heteroatoms. The standard InChI is InChI=1S/C21H22ClFN2O2S2/c1-13(2)14-6-8-15(9-7-14)25(10-16-17(22)4-3-5-18(16)23)21-24-19-11-29(26,27)12-20(19)28-21/h3-9,13,19-20H,10-12H2,1-2H3/t19-,20+/m0/s1. The first-order chi connectivity index (χ1) is 13.7. The summed E-state index contributed by atoms with van der Waals surface area (Å²) >= 11 is 7.73. The minimum atomic E-state index is -3.03. The largest absolute Gasteiger partial charge is 0.317 e. The molecule has 2 aromatic carbocycles. The van der Waals surface area contributed by atoms with Gasteiger partial charge in [-0.15, -0.1) is 0 Å². The second-order valence-corrected chi connectivity index (χ2v) is 11.5. The Morgan fingerprint density at radius 2 is 1.93 bits per heavy atom. The minimum Gasteiger partial charge on any atom is -0.317 e. The van der Waals surface area contributed by atoms with Crippen molar-refractivity contribution < 1.29 is 12.8 Å². The molecule has 1 saturated heterocycles. The van der Waals surface area contributed by atoms with Crippen molar-refractivity contribution in [3.05, 3.63) is 64.4 Å². The van der Waals surface area contributed by atoms with E-state index in [1.807, 2.05) is 17.0 Å². The quantitative estimate of drug-likeness (QED) is 0.663. The lowest BCUT2D eigenvalue weighted by atomic mass is 10.0. The van der Waals surface area contributed by atoms with E-state index in [9.17, 15) is 12.8 Å². The van der Waals surface area contributed by atoms with Crippen molar-refractivity contribution in [3.63, 3.8) is 0 Å². The summed E-state index contributed by atoms with van der Waals surface area (Å²) in [7, 11) is -3.03. The average Bonchev–Trinajstić information content (AvgIpc) is 3.15. The van der Waals surface area contributed by atoms with E-state index in [-0.39, 0.29) is 35.2 Å².